The van der Waals surface area contributed by atoms with Crippen LogP contribution in [0.5, 0.6) is 5.75 Å². The number of oxime groups is 1. The first-order valence-electron chi connectivity index (χ1n) is 10.6. The third kappa shape index (κ3) is 5.24. The first kappa shape index (κ1) is 21.4. The number of rotatable bonds is 8. The number of hydrogen-bond acceptors (Lipinski definition) is 5. The molecule has 0 atom stereocenters. The van der Waals surface area contributed by atoms with Gasteiger partial charge >= 0.3 is 5.97 Å². The van der Waals surface area contributed by atoms with E-state index in [1.807, 2.05) is 78.9 Å². The van der Waals surface area contributed by atoms with Crippen LogP contribution in [0.15, 0.2) is 89.6 Å². The first-order valence-corrected chi connectivity index (χ1v) is 10.6. The SMILES string of the molecule is COC(=O)COc1cccc2c1CCC(C=NOC(c1ccccc1)c1ccccc1)=C2. The fraction of sp³-hybridized carbons (Fsp3) is 0.185. The fourth-order valence-electron chi connectivity index (χ4n) is 3.69. The van der Waals surface area contributed by atoms with Crippen molar-refractivity contribution in [2.75, 3.05) is 13.7 Å². The van der Waals surface area contributed by atoms with E-state index >= 15 is 0 Å². The summed E-state index contributed by atoms with van der Waals surface area (Å²) in [5.74, 6) is 0.315. The summed E-state index contributed by atoms with van der Waals surface area (Å²) in [5, 5.41) is 4.33. The summed E-state index contributed by atoms with van der Waals surface area (Å²) in [7, 11) is 1.35. The van der Waals surface area contributed by atoms with E-state index in [1.54, 1.807) is 6.21 Å². The molecule has 0 amide bonds. The lowest BCUT2D eigenvalue weighted by Crippen LogP contribution is -2.14. The van der Waals surface area contributed by atoms with Gasteiger partial charge in [0.2, 0.25) is 0 Å². The van der Waals surface area contributed by atoms with E-state index in [4.69, 9.17) is 9.57 Å². The molecule has 0 radical (unpaired) electrons. The first-order chi connectivity index (χ1) is 15.7. The summed E-state index contributed by atoms with van der Waals surface area (Å²) >= 11 is 0. The number of fused-ring (bicyclic) bond motifs is 1. The average molecular weight is 428 g/mol. The van der Waals surface area contributed by atoms with Gasteiger partial charge in [0.15, 0.2) is 12.7 Å². The Hall–Kier alpha value is -3.86. The molecule has 0 saturated carbocycles. The van der Waals surface area contributed by atoms with Gasteiger partial charge in [-0.2, -0.15) is 0 Å². The summed E-state index contributed by atoms with van der Waals surface area (Å²) in [5.41, 5.74) is 5.31. The van der Waals surface area contributed by atoms with E-state index in [0.717, 1.165) is 40.7 Å². The molecule has 0 bridgehead atoms. The summed E-state index contributed by atoms with van der Waals surface area (Å²) in [6.07, 6.45) is 5.19. The van der Waals surface area contributed by atoms with Crippen molar-refractivity contribution in [3.63, 3.8) is 0 Å². The van der Waals surface area contributed by atoms with Crippen LogP contribution < -0.4 is 4.74 Å². The molecule has 0 saturated heterocycles. The number of ether oxygens (including phenoxy) is 2. The zero-order chi connectivity index (χ0) is 22.2. The molecule has 0 aliphatic heterocycles. The van der Waals surface area contributed by atoms with Gasteiger partial charge in [0.1, 0.15) is 5.75 Å². The van der Waals surface area contributed by atoms with E-state index in [-0.39, 0.29) is 12.7 Å². The van der Waals surface area contributed by atoms with Crippen molar-refractivity contribution in [1.29, 1.82) is 0 Å². The van der Waals surface area contributed by atoms with E-state index in [9.17, 15) is 4.79 Å². The lowest BCUT2D eigenvalue weighted by atomic mass is 9.92. The van der Waals surface area contributed by atoms with Crippen LogP contribution in [-0.2, 0) is 20.8 Å². The summed E-state index contributed by atoms with van der Waals surface area (Å²) in [6.45, 7) is -0.0980. The van der Waals surface area contributed by atoms with Crippen molar-refractivity contribution in [2.45, 2.75) is 18.9 Å². The Bertz CT molecular complexity index is 1070. The Balaban J connectivity index is 1.49. The van der Waals surface area contributed by atoms with Gasteiger partial charge in [0, 0.05) is 5.56 Å². The zero-order valence-corrected chi connectivity index (χ0v) is 17.9. The summed E-state index contributed by atoms with van der Waals surface area (Å²) in [4.78, 5) is 17.4. The zero-order valence-electron chi connectivity index (χ0n) is 17.9. The van der Waals surface area contributed by atoms with Gasteiger partial charge in [0.25, 0.3) is 0 Å². The second-order valence-corrected chi connectivity index (χ2v) is 7.45. The molecule has 1 aliphatic rings. The smallest absolute Gasteiger partial charge is 0.343 e. The third-order valence-electron chi connectivity index (χ3n) is 5.34. The fourth-order valence-corrected chi connectivity index (χ4v) is 3.69. The van der Waals surface area contributed by atoms with Gasteiger partial charge in [-0.1, -0.05) is 78.0 Å². The molecule has 32 heavy (non-hydrogen) atoms. The van der Waals surface area contributed by atoms with Crippen molar-refractivity contribution in [2.24, 2.45) is 5.16 Å². The topological polar surface area (TPSA) is 57.1 Å². The Kier molecular flexibility index (Phi) is 6.98. The number of esters is 1. The van der Waals surface area contributed by atoms with Gasteiger partial charge in [-0.15, -0.1) is 0 Å². The molecule has 3 aromatic carbocycles. The highest BCUT2D eigenvalue weighted by atomic mass is 16.6. The molecule has 162 valence electrons. The predicted octanol–water partition coefficient (Wildman–Crippen LogP) is 5.36. The van der Waals surface area contributed by atoms with Crippen molar-refractivity contribution < 1.29 is 19.1 Å². The second kappa shape index (κ2) is 10.4. The van der Waals surface area contributed by atoms with Gasteiger partial charge in [-0.3, -0.25) is 0 Å². The number of hydrogen-bond donors (Lipinski definition) is 0. The molecule has 0 aromatic heterocycles. The van der Waals surface area contributed by atoms with E-state index in [0.29, 0.717) is 5.75 Å². The standard InChI is InChI=1S/C27H25NO4/c1-30-26(29)19-31-25-14-8-13-23-17-20(15-16-24(23)25)18-28-32-27(21-9-4-2-5-10-21)22-11-6-3-7-12-22/h2-14,17-18,27H,15-16,19H2,1H3. The maximum Gasteiger partial charge on any atom is 0.343 e. The number of benzene rings is 3. The number of methoxy groups -OCH3 is 1. The largest absolute Gasteiger partial charge is 0.482 e. The molecule has 0 unspecified atom stereocenters. The van der Waals surface area contributed by atoms with Crippen molar-refractivity contribution >= 4 is 18.3 Å². The highest BCUT2D eigenvalue weighted by Gasteiger charge is 2.17. The molecule has 5 nitrogen and oxygen atoms in total. The maximum absolute atomic E-state index is 11.4. The van der Waals surface area contributed by atoms with Crippen LogP contribution in [0.25, 0.3) is 6.08 Å². The van der Waals surface area contributed by atoms with Gasteiger partial charge < -0.3 is 14.3 Å². The minimum atomic E-state index is -0.398. The molecule has 0 spiro atoms. The Labute approximate surface area is 187 Å². The molecular weight excluding hydrogens is 402 g/mol. The molecule has 0 fully saturated rings. The van der Waals surface area contributed by atoms with Crippen LogP contribution in [0.2, 0.25) is 0 Å². The predicted molar refractivity (Wildman–Crippen MR) is 125 cm³/mol. The molecule has 1 aliphatic carbocycles. The monoisotopic (exact) mass is 427 g/mol. The van der Waals surface area contributed by atoms with Crippen LogP contribution in [0.1, 0.15) is 34.8 Å². The minimum absolute atomic E-state index is 0.0980. The lowest BCUT2D eigenvalue weighted by Gasteiger charge is -2.18. The summed E-state index contributed by atoms with van der Waals surface area (Å²) < 4.78 is 10.3. The number of carbonyl (C=O) groups excluding carboxylic acids is 1. The number of carbonyl (C=O) groups is 1. The maximum atomic E-state index is 11.4. The quantitative estimate of drug-likeness (QED) is 0.276. The molecule has 5 heteroatoms. The van der Waals surface area contributed by atoms with Gasteiger partial charge in [0.05, 0.1) is 13.3 Å². The van der Waals surface area contributed by atoms with Crippen LogP contribution >= 0.6 is 0 Å². The molecular formula is C27H25NO4. The lowest BCUT2D eigenvalue weighted by molar-refractivity contribution is -0.142. The highest BCUT2D eigenvalue weighted by Crippen LogP contribution is 2.31. The van der Waals surface area contributed by atoms with E-state index in [1.165, 1.54) is 7.11 Å². The van der Waals surface area contributed by atoms with Gasteiger partial charge in [-0.05, 0) is 47.2 Å². The number of allylic oxidation sites excluding steroid dienone is 1. The Morgan fingerprint density at radius 3 is 2.28 bits per heavy atom. The molecule has 4 rings (SSSR count). The van der Waals surface area contributed by atoms with E-state index in [2.05, 4.69) is 16.0 Å². The second-order valence-electron chi connectivity index (χ2n) is 7.45. The average Bonchev–Trinajstić information content (AvgIpc) is 2.86. The van der Waals surface area contributed by atoms with Crippen molar-refractivity contribution in [3.05, 3.63) is 107 Å². The Morgan fingerprint density at radius 2 is 1.62 bits per heavy atom. The van der Waals surface area contributed by atoms with E-state index < -0.39 is 5.97 Å². The molecule has 3 aromatic rings. The van der Waals surface area contributed by atoms with Gasteiger partial charge in [-0.25, -0.2) is 4.79 Å². The summed E-state index contributed by atoms with van der Waals surface area (Å²) in [6, 6.07) is 26.0. The van der Waals surface area contributed by atoms with Crippen molar-refractivity contribution in [1.82, 2.24) is 0 Å². The van der Waals surface area contributed by atoms with Crippen LogP contribution in [0, 0.1) is 0 Å². The Morgan fingerprint density at radius 1 is 0.938 bits per heavy atom. The van der Waals surface area contributed by atoms with Crippen LogP contribution in [-0.4, -0.2) is 25.9 Å². The third-order valence-corrected chi connectivity index (χ3v) is 5.34. The minimum Gasteiger partial charge on any atom is -0.482 e. The molecule has 0 N–H and O–H groups in total. The van der Waals surface area contributed by atoms with Crippen molar-refractivity contribution in [3.8, 4) is 5.75 Å². The molecule has 0 heterocycles. The highest BCUT2D eigenvalue weighted by molar-refractivity contribution is 5.87. The van der Waals surface area contributed by atoms with Crippen LogP contribution in [0.3, 0.4) is 0 Å². The number of nitrogens with zero attached hydrogens (tertiary/aromatic N) is 1. The normalized spacial score (nSPS) is 12.9. The van der Waals surface area contributed by atoms with Crippen LogP contribution in [0.4, 0.5) is 0 Å².